The monoisotopic (exact) mass is 254 g/mol. The fourth-order valence-electron chi connectivity index (χ4n) is 2.11. The van der Waals surface area contributed by atoms with Crippen LogP contribution in [0.25, 0.3) is 0 Å². The van der Waals surface area contributed by atoms with Crippen LogP contribution in [-0.4, -0.2) is 6.61 Å². The Labute approximate surface area is 116 Å². The Balaban J connectivity index is 1.72. The van der Waals surface area contributed by atoms with E-state index in [0.717, 1.165) is 19.4 Å². The molecule has 2 aromatic carbocycles. The maximum Gasteiger partial charge on any atom is 0.0796 e. The quantitative estimate of drug-likeness (QED) is 0.679. The van der Waals surface area contributed by atoms with Crippen LogP contribution in [0, 0.1) is 6.92 Å². The van der Waals surface area contributed by atoms with Crippen molar-refractivity contribution in [2.45, 2.75) is 32.8 Å². The normalized spacial score (nSPS) is 12.3. The molecule has 1 heteroatoms. The first-order valence-electron chi connectivity index (χ1n) is 6.98. The third-order valence-electron chi connectivity index (χ3n) is 3.37. The second-order valence-corrected chi connectivity index (χ2v) is 5.01. The summed E-state index contributed by atoms with van der Waals surface area (Å²) in [5.74, 6) is 0. The first kappa shape index (κ1) is 13.8. The van der Waals surface area contributed by atoms with E-state index < -0.39 is 0 Å². The fraction of sp³-hybridized carbons (Fsp3) is 0.333. The smallest absolute Gasteiger partial charge is 0.0796 e. The van der Waals surface area contributed by atoms with Gasteiger partial charge in [0.15, 0.2) is 0 Å². The van der Waals surface area contributed by atoms with Crippen molar-refractivity contribution in [3.8, 4) is 0 Å². The molecular formula is C18H22O. The van der Waals surface area contributed by atoms with Crippen LogP contribution in [0.1, 0.15) is 36.1 Å². The van der Waals surface area contributed by atoms with Crippen LogP contribution in [0.4, 0.5) is 0 Å². The molecule has 0 saturated heterocycles. The number of ether oxygens (including phenoxy) is 1. The van der Waals surface area contributed by atoms with Gasteiger partial charge >= 0.3 is 0 Å². The van der Waals surface area contributed by atoms with Gasteiger partial charge in [-0.05, 0) is 37.8 Å². The van der Waals surface area contributed by atoms with Crippen molar-refractivity contribution >= 4 is 0 Å². The molecule has 0 bridgehead atoms. The third kappa shape index (κ3) is 4.53. The van der Waals surface area contributed by atoms with E-state index in [2.05, 4.69) is 68.4 Å². The number of benzene rings is 2. The zero-order valence-corrected chi connectivity index (χ0v) is 11.8. The van der Waals surface area contributed by atoms with Crippen molar-refractivity contribution in [3.05, 3.63) is 71.3 Å². The summed E-state index contributed by atoms with van der Waals surface area (Å²) < 4.78 is 5.89. The summed E-state index contributed by atoms with van der Waals surface area (Å²) >= 11 is 0. The summed E-state index contributed by atoms with van der Waals surface area (Å²) in [6, 6.07) is 19.1. The number of hydrogen-bond donors (Lipinski definition) is 0. The molecule has 1 nitrogen and oxygen atoms in total. The van der Waals surface area contributed by atoms with Crippen LogP contribution in [0.15, 0.2) is 54.6 Å². The molecule has 2 aromatic rings. The molecule has 0 aliphatic carbocycles. The Morgan fingerprint density at radius 3 is 2.32 bits per heavy atom. The molecule has 0 radical (unpaired) electrons. The second kappa shape index (κ2) is 7.10. The first-order chi connectivity index (χ1) is 9.25. The summed E-state index contributed by atoms with van der Waals surface area (Å²) in [4.78, 5) is 0. The average molecular weight is 254 g/mol. The molecule has 0 spiro atoms. The molecule has 2 rings (SSSR count). The molecule has 0 aromatic heterocycles. The van der Waals surface area contributed by atoms with Crippen molar-refractivity contribution in [3.63, 3.8) is 0 Å². The maximum absolute atomic E-state index is 5.89. The van der Waals surface area contributed by atoms with E-state index >= 15 is 0 Å². The molecule has 100 valence electrons. The van der Waals surface area contributed by atoms with E-state index in [9.17, 15) is 0 Å². The van der Waals surface area contributed by atoms with Crippen molar-refractivity contribution in [1.29, 1.82) is 0 Å². The van der Waals surface area contributed by atoms with Gasteiger partial charge < -0.3 is 4.74 Å². The highest BCUT2D eigenvalue weighted by Crippen LogP contribution is 2.17. The highest BCUT2D eigenvalue weighted by molar-refractivity contribution is 5.22. The Morgan fingerprint density at radius 1 is 0.947 bits per heavy atom. The van der Waals surface area contributed by atoms with Crippen molar-refractivity contribution in [2.75, 3.05) is 6.61 Å². The first-order valence-corrected chi connectivity index (χ1v) is 6.98. The molecule has 1 unspecified atom stereocenters. The second-order valence-electron chi connectivity index (χ2n) is 5.01. The van der Waals surface area contributed by atoms with Crippen molar-refractivity contribution < 1.29 is 4.74 Å². The summed E-state index contributed by atoms with van der Waals surface area (Å²) in [5.41, 5.74) is 3.93. The van der Waals surface area contributed by atoms with Crippen molar-refractivity contribution in [2.24, 2.45) is 0 Å². The molecule has 0 saturated carbocycles. The van der Waals surface area contributed by atoms with Gasteiger partial charge in [-0.2, -0.15) is 0 Å². The highest BCUT2D eigenvalue weighted by Gasteiger charge is 2.04. The van der Waals surface area contributed by atoms with Gasteiger partial charge in [0, 0.05) is 6.61 Å². The van der Waals surface area contributed by atoms with E-state index in [1.165, 1.54) is 16.7 Å². The van der Waals surface area contributed by atoms with E-state index in [0.29, 0.717) is 0 Å². The van der Waals surface area contributed by atoms with Gasteiger partial charge in [0.25, 0.3) is 0 Å². The Bertz CT molecular complexity index is 473. The van der Waals surface area contributed by atoms with Gasteiger partial charge in [0.1, 0.15) is 0 Å². The van der Waals surface area contributed by atoms with Crippen LogP contribution in [0.5, 0.6) is 0 Å². The third-order valence-corrected chi connectivity index (χ3v) is 3.37. The van der Waals surface area contributed by atoms with Crippen molar-refractivity contribution in [1.82, 2.24) is 0 Å². The van der Waals surface area contributed by atoms with Gasteiger partial charge in [-0.3, -0.25) is 0 Å². The minimum atomic E-state index is 0.177. The molecular weight excluding hydrogens is 232 g/mol. The largest absolute Gasteiger partial charge is 0.374 e. The zero-order valence-electron chi connectivity index (χ0n) is 11.8. The predicted octanol–water partition coefficient (Wildman–Crippen LogP) is 4.71. The maximum atomic E-state index is 5.89. The lowest BCUT2D eigenvalue weighted by atomic mass is 10.1. The van der Waals surface area contributed by atoms with Gasteiger partial charge in [-0.1, -0.05) is 60.2 Å². The van der Waals surface area contributed by atoms with E-state index in [-0.39, 0.29) is 6.10 Å². The fourth-order valence-corrected chi connectivity index (χ4v) is 2.11. The lowest BCUT2D eigenvalue weighted by molar-refractivity contribution is 0.0641. The summed E-state index contributed by atoms with van der Waals surface area (Å²) in [6.07, 6.45) is 2.33. The Hall–Kier alpha value is -1.60. The van der Waals surface area contributed by atoms with Gasteiger partial charge in [-0.15, -0.1) is 0 Å². The van der Waals surface area contributed by atoms with Crippen LogP contribution < -0.4 is 0 Å². The molecule has 0 aliphatic heterocycles. The molecule has 0 heterocycles. The standard InChI is InChI=1S/C18H22O/c1-15-10-12-18(13-11-15)16(2)19-14-6-9-17-7-4-3-5-8-17/h3-5,7-8,10-13,16H,6,9,14H2,1-2H3. The number of hydrogen-bond acceptors (Lipinski definition) is 1. The van der Waals surface area contributed by atoms with E-state index in [4.69, 9.17) is 4.74 Å². The minimum absolute atomic E-state index is 0.177. The van der Waals surface area contributed by atoms with Crippen LogP contribution in [0.3, 0.4) is 0 Å². The van der Waals surface area contributed by atoms with Crippen LogP contribution in [0.2, 0.25) is 0 Å². The predicted molar refractivity (Wildman–Crippen MR) is 80.3 cm³/mol. The van der Waals surface area contributed by atoms with E-state index in [1.807, 2.05) is 0 Å². The Morgan fingerprint density at radius 2 is 1.63 bits per heavy atom. The minimum Gasteiger partial charge on any atom is -0.374 e. The number of rotatable bonds is 6. The SMILES string of the molecule is Cc1ccc(C(C)OCCCc2ccccc2)cc1. The average Bonchev–Trinajstić information content (AvgIpc) is 2.45. The van der Waals surface area contributed by atoms with Crippen LogP contribution >= 0.6 is 0 Å². The molecule has 0 N–H and O–H groups in total. The highest BCUT2D eigenvalue weighted by atomic mass is 16.5. The Kier molecular flexibility index (Phi) is 5.17. The molecule has 0 aliphatic rings. The molecule has 0 fully saturated rings. The van der Waals surface area contributed by atoms with Crippen LogP contribution in [-0.2, 0) is 11.2 Å². The topological polar surface area (TPSA) is 9.23 Å². The van der Waals surface area contributed by atoms with Gasteiger partial charge in [0.2, 0.25) is 0 Å². The van der Waals surface area contributed by atoms with Gasteiger partial charge in [0.05, 0.1) is 6.10 Å². The summed E-state index contributed by atoms with van der Waals surface area (Å²) in [7, 11) is 0. The molecule has 19 heavy (non-hydrogen) atoms. The molecule has 1 atom stereocenters. The van der Waals surface area contributed by atoms with Gasteiger partial charge in [-0.25, -0.2) is 0 Å². The lowest BCUT2D eigenvalue weighted by Gasteiger charge is -2.13. The summed E-state index contributed by atoms with van der Waals surface area (Å²) in [5, 5.41) is 0. The van der Waals surface area contributed by atoms with E-state index in [1.54, 1.807) is 0 Å². The summed E-state index contributed by atoms with van der Waals surface area (Å²) in [6.45, 7) is 5.03. The lowest BCUT2D eigenvalue weighted by Crippen LogP contribution is -2.02. The zero-order chi connectivity index (χ0) is 13.5. The molecule has 0 amide bonds. The number of aryl methyl sites for hydroxylation is 2.